The molecule has 124 valence electrons. The minimum Gasteiger partial charge on any atom is -0.493 e. The molecule has 1 N–H and O–H groups in total. The summed E-state index contributed by atoms with van der Waals surface area (Å²) in [6.07, 6.45) is 0. The largest absolute Gasteiger partial charge is 0.493 e. The molecule has 3 aromatic rings. The molecule has 2 aromatic carbocycles. The molecule has 6 nitrogen and oxygen atoms in total. The molecule has 0 spiro atoms. The molecule has 8 heteroatoms. The van der Waals surface area contributed by atoms with Crippen molar-refractivity contribution in [1.82, 2.24) is 15.4 Å². The summed E-state index contributed by atoms with van der Waals surface area (Å²) in [5, 5.41) is 16.8. The number of benzene rings is 2. The van der Waals surface area contributed by atoms with Gasteiger partial charge in [0.05, 0.1) is 19.1 Å². The van der Waals surface area contributed by atoms with Crippen LogP contribution in [-0.4, -0.2) is 29.1 Å². The number of ether oxygens (including phenoxy) is 2. The molecule has 0 bridgehead atoms. The van der Waals surface area contributed by atoms with E-state index in [2.05, 4.69) is 20.7 Å². The van der Waals surface area contributed by atoms with Gasteiger partial charge in [0.1, 0.15) is 5.52 Å². The Kier molecular flexibility index (Phi) is 4.87. The van der Waals surface area contributed by atoms with Gasteiger partial charge in [0.25, 0.3) is 0 Å². The highest BCUT2D eigenvalue weighted by Gasteiger charge is 2.12. The van der Waals surface area contributed by atoms with Crippen molar-refractivity contribution in [3.8, 4) is 11.5 Å². The third-order valence-corrected chi connectivity index (χ3v) is 3.70. The first-order chi connectivity index (χ1) is 11.6. The van der Waals surface area contributed by atoms with E-state index in [9.17, 15) is 0 Å². The summed E-state index contributed by atoms with van der Waals surface area (Å²) in [5.41, 5.74) is 1.33. The van der Waals surface area contributed by atoms with Crippen LogP contribution >= 0.6 is 23.2 Å². The number of anilines is 2. The second kappa shape index (κ2) is 7.07. The van der Waals surface area contributed by atoms with Crippen LogP contribution in [0, 0.1) is 0 Å². The van der Waals surface area contributed by atoms with Crippen molar-refractivity contribution in [2.24, 2.45) is 0 Å². The zero-order valence-electron chi connectivity index (χ0n) is 13.0. The summed E-state index contributed by atoms with van der Waals surface area (Å²) in [7, 11) is 1.58. The standard InChI is InChI=1S/C16H14Cl2N4O2/c1-3-24-15-8-13-12(7-14(15)23-2)16(21-22-20-13)19-11-5-9(17)4-10(18)6-11/h4-8H,3H2,1-2H3,(H,19,20,21). The smallest absolute Gasteiger partial charge is 0.164 e. The van der Waals surface area contributed by atoms with Gasteiger partial charge in [-0.1, -0.05) is 23.2 Å². The van der Waals surface area contributed by atoms with Crippen molar-refractivity contribution >= 4 is 45.6 Å². The van der Waals surface area contributed by atoms with Crippen LogP contribution in [0.3, 0.4) is 0 Å². The predicted octanol–water partition coefficient (Wildman–Crippen LogP) is 4.48. The van der Waals surface area contributed by atoms with Gasteiger partial charge in [-0.3, -0.25) is 0 Å². The van der Waals surface area contributed by atoms with Gasteiger partial charge < -0.3 is 14.8 Å². The molecular weight excluding hydrogens is 351 g/mol. The highest BCUT2D eigenvalue weighted by atomic mass is 35.5. The maximum Gasteiger partial charge on any atom is 0.164 e. The van der Waals surface area contributed by atoms with Crippen LogP contribution in [0.2, 0.25) is 10.0 Å². The third-order valence-electron chi connectivity index (χ3n) is 3.26. The third kappa shape index (κ3) is 3.44. The van der Waals surface area contributed by atoms with E-state index < -0.39 is 0 Å². The van der Waals surface area contributed by atoms with Gasteiger partial charge in [0, 0.05) is 21.8 Å². The quantitative estimate of drug-likeness (QED) is 0.719. The molecule has 3 rings (SSSR count). The van der Waals surface area contributed by atoms with E-state index in [1.807, 2.05) is 6.92 Å². The lowest BCUT2D eigenvalue weighted by Crippen LogP contribution is -2.01. The molecule has 0 fully saturated rings. The molecule has 0 saturated heterocycles. The maximum atomic E-state index is 6.03. The fraction of sp³-hybridized carbons (Fsp3) is 0.188. The second-order valence-corrected chi connectivity index (χ2v) is 5.75. The first-order valence-corrected chi connectivity index (χ1v) is 7.93. The van der Waals surface area contributed by atoms with Crippen LogP contribution in [0.5, 0.6) is 11.5 Å². The first kappa shape index (κ1) is 16.5. The number of fused-ring (bicyclic) bond motifs is 1. The van der Waals surface area contributed by atoms with Gasteiger partial charge >= 0.3 is 0 Å². The monoisotopic (exact) mass is 364 g/mol. The lowest BCUT2D eigenvalue weighted by Gasteiger charge is -2.12. The minimum absolute atomic E-state index is 0.514. The molecule has 1 heterocycles. The van der Waals surface area contributed by atoms with Gasteiger partial charge in [-0.15, -0.1) is 10.2 Å². The van der Waals surface area contributed by atoms with Gasteiger partial charge in [0.2, 0.25) is 0 Å². The van der Waals surface area contributed by atoms with Crippen LogP contribution in [0.4, 0.5) is 11.5 Å². The first-order valence-electron chi connectivity index (χ1n) is 7.17. The average molecular weight is 365 g/mol. The van der Waals surface area contributed by atoms with E-state index in [0.29, 0.717) is 45.2 Å². The van der Waals surface area contributed by atoms with E-state index >= 15 is 0 Å². The highest BCUT2D eigenvalue weighted by Crippen LogP contribution is 2.35. The van der Waals surface area contributed by atoms with E-state index in [1.165, 1.54) is 0 Å². The van der Waals surface area contributed by atoms with Crippen LogP contribution in [0.15, 0.2) is 30.3 Å². The summed E-state index contributed by atoms with van der Waals surface area (Å²) >= 11 is 12.1. The van der Waals surface area contributed by atoms with Crippen LogP contribution in [-0.2, 0) is 0 Å². The molecule has 0 aliphatic heterocycles. The molecule has 0 radical (unpaired) electrons. The Morgan fingerprint density at radius 2 is 1.75 bits per heavy atom. The number of rotatable bonds is 5. The van der Waals surface area contributed by atoms with Gasteiger partial charge in [-0.2, -0.15) is 0 Å². The summed E-state index contributed by atoms with van der Waals surface area (Å²) in [5.74, 6) is 1.70. The molecule has 0 amide bonds. The lowest BCUT2D eigenvalue weighted by molar-refractivity contribution is 0.311. The van der Waals surface area contributed by atoms with Gasteiger partial charge in [-0.05, 0) is 36.4 Å². The lowest BCUT2D eigenvalue weighted by atomic mass is 10.2. The zero-order valence-corrected chi connectivity index (χ0v) is 14.5. The number of methoxy groups -OCH3 is 1. The SMILES string of the molecule is CCOc1cc2nnnc(Nc3cc(Cl)cc(Cl)c3)c2cc1OC. The second-order valence-electron chi connectivity index (χ2n) is 4.87. The van der Waals surface area contributed by atoms with E-state index in [4.69, 9.17) is 32.7 Å². The van der Waals surface area contributed by atoms with E-state index in [-0.39, 0.29) is 0 Å². The maximum absolute atomic E-state index is 6.03. The van der Waals surface area contributed by atoms with Crippen molar-refractivity contribution < 1.29 is 9.47 Å². The summed E-state index contributed by atoms with van der Waals surface area (Å²) in [4.78, 5) is 0. The van der Waals surface area contributed by atoms with Crippen LogP contribution in [0.25, 0.3) is 10.9 Å². The molecule has 0 aliphatic carbocycles. The van der Waals surface area contributed by atoms with Gasteiger partial charge in [0.15, 0.2) is 17.3 Å². The minimum atomic E-state index is 0.514. The fourth-order valence-corrected chi connectivity index (χ4v) is 2.80. The Bertz CT molecular complexity index is 869. The molecule has 0 aliphatic rings. The summed E-state index contributed by atoms with van der Waals surface area (Å²) in [6, 6.07) is 8.71. The number of aromatic nitrogens is 3. The Balaban J connectivity index is 2.07. The molecule has 1 aromatic heterocycles. The Hall–Kier alpha value is -2.31. The molecule has 0 atom stereocenters. The van der Waals surface area contributed by atoms with Crippen LogP contribution in [0.1, 0.15) is 6.92 Å². The van der Waals surface area contributed by atoms with E-state index in [1.54, 1.807) is 37.4 Å². The highest BCUT2D eigenvalue weighted by molar-refractivity contribution is 6.35. The van der Waals surface area contributed by atoms with Crippen molar-refractivity contribution in [3.05, 3.63) is 40.4 Å². The predicted molar refractivity (Wildman–Crippen MR) is 94.8 cm³/mol. The summed E-state index contributed by atoms with van der Waals surface area (Å²) < 4.78 is 10.9. The number of halogens is 2. The van der Waals surface area contributed by atoms with E-state index in [0.717, 1.165) is 5.39 Å². The van der Waals surface area contributed by atoms with Crippen molar-refractivity contribution in [3.63, 3.8) is 0 Å². The molecule has 24 heavy (non-hydrogen) atoms. The Morgan fingerprint density at radius 3 is 2.42 bits per heavy atom. The number of nitrogens with zero attached hydrogens (tertiary/aromatic N) is 3. The number of hydrogen-bond donors (Lipinski definition) is 1. The molecule has 0 saturated carbocycles. The fourth-order valence-electron chi connectivity index (χ4n) is 2.27. The number of hydrogen-bond acceptors (Lipinski definition) is 6. The molecular formula is C16H14Cl2N4O2. The average Bonchev–Trinajstić information content (AvgIpc) is 2.54. The molecule has 0 unspecified atom stereocenters. The van der Waals surface area contributed by atoms with Crippen molar-refractivity contribution in [2.45, 2.75) is 6.92 Å². The van der Waals surface area contributed by atoms with Crippen LogP contribution < -0.4 is 14.8 Å². The Labute approximate surface area is 148 Å². The summed E-state index contributed by atoms with van der Waals surface area (Å²) in [6.45, 7) is 2.42. The Morgan fingerprint density at radius 1 is 1.00 bits per heavy atom. The number of nitrogens with one attached hydrogen (secondary N) is 1. The topological polar surface area (TPSA) is 69.2 Å². The van der Waals surface area contributed by atoms with Gasteiger partial charge in [-0.25, -0.2) is 0 Å². The van der Waals surface area contributed by atoms with Crippen molar-refractivity contribution in [1.29, 1.82) is 0 Å². The zero-order chi connectivity index (χ0) is 17.1. The van der Waals surface area contributed by atoms with Crippen molar-refractivity contribution in [2.75, 3.05) is 19.0 Å². The normalized spacial score (nSPS) is 10.7.